The zero-order valence-electron chi connectivity index (χ0n) is 9.80. The second kappa shape index (κ2) is 5.58. The Labute approximate surface area is 104 Å². The molecular weight excluding hydrogens is 236 g/mol. The van der Waals surface area contributed by atoms with Crippen molar-refractivity contribution in [2.45, 2.75) is 20.4 Å². The van der Waals surface area contributed by atoms with Gasteiger partial charge in [0.1, 0.15) is 12.1 Å². The van der Waals surface area contributed by atoms with Crippen molar-refractivity contribution in [3.8, 4) is 5.88 Å². The maximum Gasteiger partial charge on any atom is 0.218 e. The fourth-order valence-electron chi connectivity index (χ4n) is 1.33. The Morgan fingerprint density at radius 1 is 1.35 bits per heavy atom. The highest BCUT2D eigenvalue weighted by atomic mass is 32.1. The first-order valence-electron chi connectivity index (χ1n) is 5.37. The largest absolute Gasteiger partial charge is 0.478 e. The molecule has 0 atom stereocenters. The standard InChI is InChI=1S/C11H14N4OS/c1-3-16-11-4-10(13-6-14-11)12-5-9-8(2)15-7-17-9/h4,6-7H,3,5H2,1-2H3,(H,12,13,14). The first-order chi connectivity index (χ1) is 8.29. The SMILES string of the molecule is CCOc1cc(NCc2scnc2C)ncn1. The van der Waals surface area contributed by atoms with Gasteiger partial charge in [-0.05, 0) is 13.8 Å². The summed E-state index contributed by atoms with van der Waals surface area (Å²) in [6.07, 6.45) is 1.49. The Hall–Kier alpha value is -1.69. The van der Waals surface area contributed by atoms with Gasteiger partial charge >= 0.3 is 0 Å². The number of aryl methyl sites for hydroxylation is 1. The lowest BCUT2D eigenvalue weighted by Crippen LogP contribution is -2.02. The highest BCUT2D eigenvalue weighted by Crippen LogP contribution is 2.15. The molecule has 0 saturated heterocycles. The molecule has 2 rings (SSSR count). The zero-order valence-corrected chi connectivity index (χ0v) is 10.6. The molecule has 0 aliphatic rings. The summed E-state index contributed by atoms with van der Waals surface area (Å²) in [6.45, 7) is 5.25. The smallest absolute Gasteiger partial charge is 0.218 e. The molecule has 2 heterocycles. The van der Waals surface area contributed by atoms with E-state index in [9.17, 15) is 0 Å². The summed E-state index contributed by atoms with van der Waals surface area (Å²) >= 11 is 1.63. The molecule has 0 radical (unpaired) electrons. The van der Waals surface area contributed by atoms with Gasteiger partial charge in [-0.1, -0.05) is 0 Å². The van der Waals surface area contributed by atoms with Gasteiger partial charge in [0, 0.05) is 10.9 Å². The molecule has 17 heavy (non-hydrogen) atoms. The third kappa shape index (κ3) is 3.13. The second-order valence-corrected chi connectivity index (χ2v) is 4.33. The van der Waals surface area contributed by atoms with Gasteiger partial charge in [0.15, 0.2) is 0 Å². The van der Waals surface area contributed by atoms with Crippen molar-refractivity contribution in [1.82, 2.24) is 15.0 Å². The number of rotatable bonds is 5. The summed E-state index contributed by atoms with van der Waals surface area (Å²) in [5, 5.41) is 3.23. The number of thiazole rings is 1. The molecular formula is C11H14N4OS. The van der Waals surface area contributed by atoms with Crippen LogP contribution >= 0.6 is 11.3 Å². The van der Waals surface area contributed by atoms with E-state index in [4.69, 9.17) is 4.74 Å². The van der Waals surface area contributed by atoms with Crippen molar-refractivity contribution in [3.63, 3.8) is 0 Å². The molecule has 0 unspecified atom stereocenters. The summed E-state index contributed by atoms with van der Waals surface area (Å²) in [4.78, 5) is 13.5. The van der Waals surface area contributed by atoms with Crippen LogP contribution < -0.4 is 10.1 Å². The average molecular weight is 250 g/mol. The Kier molecular flexibility index (Phi) is 3.87. The second-order valence-electron chi connectivity index (χ2n) is 3.39. The monoisotopic (exact) mass is 250 g/mol. The molecule has 2 aromatic heterocycles. The lowest BCUT2D eigenvalue weighted by Gasteiger charge is -2.06. The molecule has 2 aromatic rings. The van der Waals surface area contributed by atoms with Gasteiger partial charge in [-0.25, -0.2) is 15.0 Å². The number of hydrogen-bond acceptors (Lipinski definition) is 6. The molecule has 0 amide bonds. The Balaban J connectivity index is 1.99. The third-order valence-corrected chi connectivity index (χ3v) is 3.14. The number of hydrogen-bond donors (Lipinski definition) is 1. The molecule has 5 nitrogen and oxygen atoms in total. The van der Waals surface area contributed by atoms with E-state index in [0.717, 1.165) is 18.1 Å². The van der Waals surface area contributed by atoms with E-state index in [1.54, 1.807) is 17.4 Å². The van der Waals surface area contributed by atoms with E-state index >= 15 is 0 Å². The Morgan fingerprint density at radius 2 is 2.24 bits per heavy atom. The van der Waals surface area contributed by atoms with Crippen LogP contribution in [0.2, 0.25) is 0 Å². The van der Waals surface area contributed by atoms with Gasteiger partial charge < -0.3 is 10.1 Å². The van der Waals surface area contributed by atoms with Crippen molar-refractivity contribution in [2.24, 2.45) is 0 Å². The van der Waals surface area contributed by atoms with E-state index in [-0.39, 0.29) is 0 Å². The zero-order chi connectivity index (χ0) is 12.1. The predicted molar refractivity (Wildman–Crippen MR) is 67.4 cm³/mol. The van der Waals surface area contributed by atoms with Gasteiger partial charge in [0.05, 0.1) is 24.4 Å². The van der Waals surface area contributed by atoms with Gasteiger partial charge in [-0.15, -0.1) is 11.3 Å². The van der Waals surface area contributed by atoms with Crippen LogP contribution in [0.15, 0.2) is 17.9 Å². The fraction of sp³-hybridized carbons (Fsp3) is 0.364. The van der Waals surface area contributed by atoms with Crippen molar-refractivity contribution in [1.29, 1.82) is 0 Å². The summed E-state index contributed by atoms with van der Waals surface area (Å²) in [5.74, 6) is 1.35. The van der Waals surface area contributed by atoms with Crippen molar-refractivity contribution in [3.05, 3.63) is 28.5 Å². The van der Waals surface area contributed by atoms with Crippen LogP contribution in [0.1, 0.15) is 17.5 Å². The summed E-state index contributed by atoms with van der Waals surface area (Å²) < 4.78 is 5.31. The summed E-state index contributed by atoms with van der Waals surface area (Å²) in [6, 6.07) is 1.79. The molecule has 0 aromatic carbocycles. The highest BCUT2D eigenvalue weighted by Gasteiger charge is 2.03. The first-order valence-corrected chi connectivity index (χ1v) is 6.25. The number of nitrogens with zero attached hydrogens (tertiary/aromatic N) is 3. The van der Waals surface area contributed by atoms with Gasteiger partial charge in [0.25, 0.3) is 0 Å². The number of anilines is 1. The third-order valence-electron chi connectivity index (χ3n) is 2.21. The minimum atomic E-state index is 0.589. The van der Waals surface area contributed by atoms with Gasteiger partial charge in [-0.2, -0.15) is 0 Å². The van der Waals surface area contributed by atoms with Crippen molar-refractivity contribution < 1.29 is 4.74 Å². The van der Waals surface area contributed by atoms with Crippen LogP contribution in [0, 0.1) is 6.92 Å². The number of ether oxygens (including phenoxy) is 1. The van der Waals surface area contributed by atoms with Crippen LogP contribution in [0.25, 0.3) is 0 Å². The van der Waals surface area contributed by atoms with E-state index in [1.807, 2.05) is 19.4 Å². The normalized spacial score (nSPS) is 10.2. The predicted octanol–water partition coefficient (Wildman–Crippen LogP) is 2.25. The van der Waals surface area contributed by atoms with Crippen LogP contribution in [0.5, 0.6) is 5.88 Å². The molecule has 0 aliphatic carbocycles. The van der Waals surface area contributed by atoms with Crippen LogP contribution in [-0.4, -0.2) is 21.6 Å². The topological polar surface area (TPSA) is 59.9 Å². The van der Waals surface area contributed by atoms with Gasteiger partial charge in [-0.3, -0.25) is 0 Å². The maximum absolute atomic E-state index is 5.31. The lowest BCUT2D eigenvalue weighted by molar-refractivity contribution is 0.326. The van der Waals surface area contributed by atoms with E-state index in [1.165, 1.54) is 11.2 Å². The van der Waals surface area contributed by atoms with Crippen molar-refractivity contribution >= 4 is 17.2 Å². The highest BCUT2D eigenvalue weighted by molar-refractivity contribution is 7.09. The Morgan fingerprint density at radius 3 is 2.94 bits per heavy atom. The number of nitrogens with one attached hydrogen (secondary N) is 1. The maximum atomic E-state index is 5.31. The molecule has 0 aliphatic heterocycles. The van der Waals surface area contributed by atoms with E-state index in [2.05, 4.69) is 20.3 Å². The first kappa shape index (κ1) is 11.8. The molecule has 90 valence electrons. The molecule has 0 saturated carbocycles. The van der Waals surface area contributed by atoms with Crippen molar-refractivity contribution in [2.75, 3.05) is 11.9 Å². The molecule has 0 fully saturated rings. The average Bonchev–Trinajstić information content (AvgIpc) is 2.73. The molecule has 1 N–H and O–H groups in total. The quantitative estimate of drug-likeness (QED) is 0.882. The molecule has 6 heteroatoms. The van der Waals surface area contributed by atoms with Crippen LogP contribution in [0.3, 0.4) is 0 Å². The van der Waals surface area contributed by atoms with Gasteiger partial charge in [0.2, 0.25) is 5.88 Å². The van der Waals surface area contributed by atoms with E-state index < -0.39 is 0 Å². The summed E-state index contributed by atoms with van der Waals surface area (Å²) in [7, 11) is 0. The molecule has 0 bridgehead atoms. The molecule has 0 spiro atoms. The fourth-order valence-corrected chi connectivity index (χ4v) is 2.05. The Bertz CT molecular complexity index is 486. The summed E-state index contributed by atoms with van der Waals surface area (Å²) in [5.41, 5.74) is 2.90. The minimum Gasteiger partial charge on any atom is -0.478 e. The minimum absolute atomic E-state index is 0.589. The van der Waals surface area contributed by atoms with Crippen LogP contribution in [-0.2, 0) is 6.54 Å². The van der Waals surface area contributed by atoms with E-state index in [0.29, 0.717) is 12.5 Å². The lowest BCUT2D eigenvalue weighted by atomic mass is 10.4. The van der Waals surface area contributed by atoms with Crippen LogP contribution in [0.4, 0.5) is 5.82 Å². The number of aromatic nitrogens is 3.